The first kappa shape index (κ1) is 15.4. The van der Waals surface area contributed by atoms with E-state index in [2.05, 4.69) is 0 Å². The Labute approximate surface area is 125 Å². The van der Waals surface area contributed by atoms with Crippen LogP contribution in [0, 0.1) is 10.1 Å². The van der Waals surface area contributed by atoms with E-state index in [1.165, 1.54) is 43.5 Å². The monoisotopic (exact) mass is 303 g/mol. The Kier molecular flexibility index (Phi) is 4.07. The van der Waals surface area contributed by atoms with E-state index in [-0.39, 0.29) is 23.4 Å². The Balaban J connectivity index is 2.64. The van der Waals surface area contributed by atoms with E-state index < -0.39 is 22.1 Å². The summed E-state index contributed by atoms with van der Waals surface area (Å²) in [6.45, 7) is 1.54. The van der Waals surface area contributed by atoms with Crippen molar-refractivity contribution in [3.8, 4) is 0 Å². The van der Waals surface area contributed by atoms with Gasteiger partial charge >= 0.3 is 5.97 Å². The minimum absolute atomic E-state index is 0.0538. The number of hydrogen-bond donors (Lipinski definition) is 1. The fourth-order valence-corrected chi connectivity index (χ4v) is 2.37. The summed E-state index contributed by atoms with van der Waals surface area (Å²) in [4.78, 5) is 34.7. The number of carboxylic acid groups (broad SMARTS) is 1. The number of carbonyl (C=O) groups is 2. The number of nitro groups is 1. The highest BCUT2D eigenvalue weighted by molar-refractivity contribution is 6.15. The maximum Gasteiger partial charge on any atom is 0.322 e. The number of benzene rings is 1. The van der Waals surface area contributed by atoms with Gasteiger partial charge in [-0.2, -0.15) is 0 Å². The van der Waals surface area contributed by atoms with Gasteiger partial charge in [-0.25, -0.2) is 0 Å². The van der Waals surface area contributed by atoms with Gasteiger partial charge in [0.1, 0.15) is 0 Å². The highest BCUT2D eigenvalue weighted by atomic mass is 16.6. The summed E-state index contributed by atoms with van der Waals surface area (Å²) in [6, 6.07) is 7.94. The maximum absolute atomic E-state index is 12.6. The van der Waals surface area contributed by atoms with Crippen molar-refractivity contribution in [2.75, 3.05) is 0 Å². The number of nitro benzene ring substituents is 1. The number of furan rings is 1. The van der Waals surface area contributed by atoms with Crippen LogP contribution in [0.5, 0.6) is 0 Å². The molecule has 0 fully saturated rings. The van der Waals surface area contributed by atoms with Gasteiger partial charge in [0.25, 0.3) is 5.69 Å². The predicted octanol–water partition coefficient (Wildman–Crippen LogP) is 2.80. The molecule has 7 nitrogen and oxygen atoms in total. The highest BCUT2D eigenvalue weighted by Gasteiger charge is 2.48. The van der Waals surface area contributed by atoms with Gasteiger partial charge in [-0.15, -0.1) is 0 Å². The molecule has 0 saturated carbocycles. The summed E-state index contributed by atoms with van der Waals surface area (Å²) < 4.78 is 5.01. The lowest BCUT2D eigenvalue weighted by Gasteiger charge is -2.26. The molecule has 0 aliphatic heterocycles. The van der Waals surface area contributed by atoms with Gasteiger partial charge in [-0.05, 0) is 24.1 Å². The quantitative estimate of drug-likeness (QED) is 0.380. The van der Waals surface area contributed by atoms with Crippen molar-refractivity contribution in [2.45, 2.75) is 18.8 Å². The zero-order valence-corrected chi connectivity index (χ0v) is 11.7. The number of aliphatic carboxylic acids is 1. The van der Waals surface area contributed by atoms with Crippen LogP contribution in [-0.2, 0) is 10.2 Å². The average Bonchev–Trinajstić information content (AvgIpc) is 3.02. The van der Waals surface area contributed by atoms with Crippen molar-refractivity contribution < 1.29 is 24.0 Å². The lowest BCUT2D eigenvalue weighted by Crippen LogP contribution is -2.43. The van der Waals surface area contributed by atoms with Crippen molar-refractivity contribution in [1.29, 1.82) is 0 Å². The number of carboxylic acids is 1. The molecule has 1 unspecified atom stereocenters. The second kappa shape index (κ2) is 5.80. The fourth-order valence-electron chi connectivity index (χ4n) is 2.37. The molecular weight excluding hydrogens is 290 g/mol. The topological polar surface area (TPSA) is 111 Å². The SMILES string of the molecule is CCC(C(=O)O)(C(=O)c1ccco1)c1cccc([N+](=O)[O-])c1. The summed E-state index contributed by atoms with van der Waals surface area (Å²) in [5.74, 6) is -2.22. The molecule has 0 radical (unpaired) electrons. The van der Waals surface area contributed by atoms with E-state index in [4.69, 9.17) is 4.42 Å². The summed E-state index contributed by atoms with van der Waals surface area (Å²) in [7, 11) is 0. The fraction of sp³-hybridized carbons (Fsp3) is 0.200. The Morgan fingerprint density at radius 3 is 2.55 bits per heavy atom. The molecule has 1 heterocycles. The number of rotatable bonds is 6. The van der Waals surface area contributed by atoms with Gasteiger partial charge in [-0.1, -0.05) is 19.1 Å². The van der Waals surface area contributed by atoms with Crippen molar-refractivity contribution in [2.24, 2.45) is 0 Å². The zero-order chi connectivity index (χ0) is 16.3. The third-order valence-corrected chi connectivity index (χ3v) is 3.58. The number of hydrogen-bond acceptors (Lipinski definition) is 5. The molecular formula is C15H13NO6. The van der Waals surface area contributed by atoms with Crippen LogP contribution in [0.2, 0.25) is 0 Å². The van der Waals surface area contributed by atoms with Gasteiger partial charge in [0.2, 0.25) is 5.78 Å². The minimum Gasteiger partial charge on any atom is -0.480 e. The van der Waals surface area contributed by atoms with Gasteiger partial charge in [-0.3, -0.25) is 19.7 Å². The second-order valence-corrected chi connectivity index (χ2v) is 4.68. The Bertz CT molecular complexity index is 721. The number of non-ortho nitro benzene ring substituents is 1. The first-order valence-corrected chi connectivity index (χ1v) is 6.50. The van der Waals surface area contributed by atoms with Crippen LogP contribution < -0.4 is 0 Å². The lowest BCUT2D eigenvalue weighted by atomic mass is 9.73. The molecule has 1 atom stereocenters. The van der Waals surface area contributed by atoms with Gasteiger partial charge in [0.15, 0.2) is 11.2 Å². The van der Waals surface area contributed by atoms with Crippen molar-refractivity contribution in [3.63, 3.8) is 0 Å². The van der Waals surface area contributed by atoms with E-state index in [0.717, 1.165) is 6.07 Å². The second-order valence-electron chi connectivity index (χ2n) is 4.68. The predicted molar refractivity (Wildman–Crippen MR) is 75.7 cm³/mol. The summed E-state index contributed by atoms with van der Waals surface area (Å²) in [5.41, 5.74) is -2.15. The van der Waals surface area contributed by atoms with E-state index >= 15 is 0 Å². The highest BCUT2D eigenvalue weighted by Crippen LogP contribution is 2.34. The molecule has 2 aromatic rings. The van der Waals surface area contributed by atoms with Crippen LogP contribution >= 0.6 is 0 Å². The smallest absolute Gasteiger partial charge is 0.322 e. The molecule has 0 spiro atoms. The molecule has 2 rings (SSSR count). The third-order valence-electron chi connectivity index (χ3n) is 3.58. The van der Waals surface area contributed by atoms with Crippen molar-refractivity contribution in [3.05, 3.63) is 64.1 Å². The standard InChI is InChI=1S/C15H13NO6/c1-2-15(14(18)19,13(17)12-7-4-8-22-12)10-5-3-6-11(9-10)16(20)21/h3-9H,2H2,1H3,(H,18,19). The van der Waals surface area contributed by atoms with Gasteiger partial charge in [0, 0.05) is 12.1 Å². The van der Waals surface area contributed by atoms with Gasteiger partial charge < -0.3 is 9.52 Å². The summed E-state index contributed by atoms with van der Waals surface area (Å²) in [6.07, 6.45) is 1.20. The van der Waals surface area contributed by atoms with Crippen LogP contribution in [0.3, 0.4) is 0 Å². The maximum atomic E-state index is 12.6. The Morgan fingerprint density at radius 2 is 2.05 bits per heavy atom. The van der Waals surface area contributed by atoms with E-state index in [1.54, 1.807) is 0 Å². The Hall–Kier alpha value is -2.96. The molecule has 1 aromatic carbocycles. The molecule has 0 saturated heterocycles. The normalized spacial score (nSPS) is 13.3. The Morgan fingerprint density at radius 1 is 1.32 bits per heavy atom. The van der Waals surface area contributed by atoms with Crippen LogP contribution in [0.25, 0.3) is 0 Å². The van der Waals surface area contributed by atoms with Crippen LogP contribution in [0.1, 0.15) is 29.5 Å². The third kappa shape index (κ3) is 2.37. The molecule has 0 amide bonds. The zero-order valence-electron chi connectivity index (χ0n) is 11.7. The van der Waals surface area contributed by atoms with Gasteiger partial charge in [0.05, 0.1) is 11.2 Å². The number of ketones is 1. The molecule has 1 aromatic heterocycles. The largest absolute Gasteiger partial charge is 0.480 e. The van der Waals surface area contributed by atoms with Crippen LogP contribution in [-0.4, -0.2) is 21.8 Å². The first-order valence-electron chi connectivity index (χ1n) is 6.50. The summed E-state index contributed by atoms with van der Waals surface area (Å²) >= 11 is 0. The minimum atomic E-state index is -1.93. The first-order chi connectivity index (χ1) is 10.4. The molecule has 0 aliphatic carbocycles. The average molecular weight is 303 g/mol. The summed E-state index contributed by atoms with van der Waals surface area (Å²) in [5, 5.41) is 20.5. The van der Waals surface area contributed by atoms with Crippen LogP contribution in [0.4, 0.5) is 5.69 Å². The van der Waals surface area contributed by atoms with E-state index in [1.807, 2.05) is 0 Å². The van der Waals surface area contributed by atoms with Crippen molar-refractivity contribution >= 4 is 17.4 Å². The van der Waals surface area contributed by atoms with Crippen molar-refractivity contribution in [1.82, 2.24) is 0 Å². The molecule has 0 aliphatic rings. The number of nitrogens with zero attached hydrogens (tertiary/aromatic N) is 1. The molecule has 7 heteroatoms. The molecule has 114 valence electrons. The van der Waals surface area contributed by atoms with E-state index in [9.17, 15) is 24.8 Å². The number of carbonyl (C=O) groups excluding carboxylic acids is 1. The van der Waals surface area contributed by atoms with E-state index in [0.29, 0.717) is 0 Å². The molecule has 0 bridgehead atoms. The molecule has 22 heavy (non-hydrogen) atoms. The number of Topliss-reactive ketones (excluding diaryl/α,β-unsaturated/α-hetero) is 1. The lowest BCUT2D eigenvalue weighted by molar-refractivity contribution is -0.384. The molecule has 1 N–H and O–H groups in total. The van der Waals surface area contributed by atoms with Crippen LogP contribution in [0.15, 0.2) is 47.1 Å².